The van der Waals surface area contributed by atoms with Crippen molar-refractivity contribution in [2.75, 3.05) is 5.32 Å². The lowest BCUT2D eigenvalue weighted by Crippen LogP contribution is -2.47. The van der Waals surface area contributed by atoms with Gasteiger partial charge in [-0.1, -0.05) is 26.0 Å². The first-order valence-corrected chi connectivity index (χ1v) is 9.62. The molecule has 2 N–H and O–H groups in total. The Kier molecular flexibility index (Phi) is 5.66. The molecule has 0 fully saturated rings. The second-order valence-electron chi connectivity index (χ2n) is 6.76. The third-order valence-corrected chi connectivity index (χ3v) is 5.50. The predicted molar refractivity (Wildman–Crippen MR) is 99.9 cm³/mol. The maximum Gasteiger partial charge on any atom is 0.254 e. The number of nitrogens with zero attached hydrogens (tertiary/aromatic N) is 1. The van der Waals surface area contributed by atoms with Gasteiger partial charge in [0.25, 0.3) is 5.91 Å². The third-order valence-electron chi connectivity index (χ3n) is 4.43. The van der Waals surface area contributed by atoms with Gasteiger partial charge in [0, 0.05) is 4.88 Å². The molecular weight excluding hydrogens is 353 g/mol. The fourth-order valence-electron chi connectivity index (χ4n) is 2.99. The van der Waals surface area contributed by atoms with Gasteiger partial charge in [-0.25, -0.2) is 9.37 Å². The highest BCUT2D eigenvalue weighted by molar-refractivity contribution is 7.15. The van der Waals surface area contributed by atoms with E-state index in [0.29, 0.717) is 5.13 Å². The van der Waals surface area contributed by atoms with Crippen LogP contribution >= 0.6 is 11.3 Å². The van der Waals surface area contributed by atoms with Gasteiger partial charge in [0.2, 0.25) is 5.91 Å². The first-order valence-electron chi connectivity index (χ1n) is 8.80. The number of carbonyl (C=O) groups excluding carboxylic acids is 2. The minimum Gasteiger partial charge on any atom is -0.340 e. The number of hydrogen-bond donors (Lipinski definition) is 2. The van der Waals surface area contributed by atoms with Crippen molar-refractivity contribution in [2.24, 2.45) is 5.92 Å². The molecule has 1 aromatic carbocycles. The van der Waals surface area contributed by atoms with E-state index >= 15 is 0 Å². The molecule has 0 saturated carbocycles. The SMILES string of the molecule is CC(C)[C@H](NC(=O)c1ccccc1F)C(=O)Nc1nc2c(s1)CCCC2. The van der Waals surface area contributed by atoms with E-state index in [9.17, 15) is 14.0 Å². The minimum absolute atomic E-state index is 0.0735. The monoisotopic (exact) mass is 375 g/mol. The fraction of sp³-hybridized carbons (Fsp3) is 0.421. The van der Waals surface area contributed by atoms with Crippen LogP contribution in [0.3, 0.4) is 0 Å². The van der Waals surface area contributed by atoms with Gasteiger partial charge in [0.05, 0.1) is 11.3 Å². The topological polar surface area (TPSA) is 71.1 Å². The van der Waals surface area contributed by atoms with Crippen LogP contribution in [0.25, 0.3) is 0 Å². The molecule has 1 heterocycles. The van der Waals surface area contributed by atoms with Crippen LogP contribution in [0.2, 0.25) is 0 Å². The number of aromatic nitrogens is 1. The highest BCUT2D eigenvalue weighted by Gasteiger charge is 2.27. The quantitative estimate of drug-likeness (QED) is 0.839. The van der Waals surface area contributed by atoms with E-state index in [0.717, 1.165) is 31.4 Å². The van der Waals surface area contributed by atoms with Crippen LogP contribution in [-0.4, -0.2) is 22.8 Å². The number of thiazole rings is 1. The van der Waals surface area contributed by atoms with Crippen molar-refractivity contribution >= 4 is 28.3 Å². The van der Waals surface area contributed by atoms with Crippen molar-refractivity contribution < 1.29 is 14.0 Å². The number of amides is 2. The summed E-state index contributed by atoms with van der Waals surface area (Å²) in [5, 5.41) is 6.02. The normalized spacial score (nSPS) is 14.6. The summed E-state index contributed by atoms with van der Waals surface area (Å²) in [4.78, 5) is 30.7. The van der Waals surface area contributed by atoms with Crippen molar-refractivity contribution in [3.63, 3.8) is 0 Å². The summed E-state index contributed by atoms with van der Waals surface area (Å²) >= 11 is 1.49. The first-order chi connectivity index (χ1) is 12.5. The van der Waals surface area contributed by atoms with Gasteiger partial charge in [0.1, 0.15) is 11.9 Å². The van der Waals surface area contributed by atoms with Crippen molar-refractivity contribution in [3.05, 3.63) is 46.2 Å². The number of fused-ring (bicyclic) bond motifs is 1. The second kappa shape index (κ2) is 7.95. The Labute approximate surface area is 156 Å². The van der Waals surface area contributed by atoms with Gasteiger partial charge in [-0.3, -0.25) is 9.59 Å². The Morgan fingerprint density at radius 2 is 1.92 bits per heavy atom. The highest BCUT2D eigenvalue weighted by Crippen LogP contribution is 2.29. The number of carbonyl (C=O) groups is 2. The molecule has 138 valence electrons. The van der Waals surface area contributed by atoms with Crippen LogP contribution in [0, 0.1) is 11.7 Å². The van der Waals surface area contributed by atoms with Crippen LogP contribution in [0.15, 0.2) is 24.3 Å². The van der Waals surface area contributed by atoms with E-state index in [1.807, 2.05) is 13.8 Å². The lowest BCUT2D eigenvalue weighted by molar-refractivity contribution is -0.118. The molecule has 0 aliphatic heterocycles. The standard InChI is InChI=1S/C19H22FN3O2S/c1-11(2)16(22-17(24)12-7-3-4-8-13(12)20)18(25)23-19-21-14-9-5-6-10-15(14)26-19/h3-4,7-8,11,16H,5-6,9-10H2,1-2H3,(H,22,24)(H,21,23,25)/t16-/m0/s1. The van der Waals surface area contributed by atoms with Gasteiger partial charge in [-0.15, -0.1) is 11.3 Å². The molecule has 26 heavy (non-hydrogen) atoms. The van der Waals surface area contributed by atoms with Crippen LogP contribution < -0.4 is 10.6 Å². The molecule has 0 unspecified atom stereocenters. The molecule has 0 bridgehead atoms. The zero-order valence-corrected chi connectivity index (χ0v) is 15.7. The summed E-state index contributed by atoms with van der Waals surface area (Å²) < 4.78 is 13.8. The number of rotatable bonds is 5. The van der Waals surface area contributed by atoms with E-state index < -0.39 is 17.8 Å². The lowest BCUT2D eigenvalue weighted by atomic mass is 10.0. The number of hydrogen-bond acceptors (Lipinski definition) is 4. The maximum atomic E-state index is 13.8. The fourth-order valence-corrected chi connectivity index (χ4v) is 4.04. The van der Waals surface area contributed by atoms with Gasteiger partial charge in [0.15, 0.2) is 5.13 Å². The van der Waals surface area contributed by atoms with Crippen LogP contribution in [-0.2, 0) is 17.6 Å². The van der Waals surface area contributed by atoms with Gasteiger partial charge >= 0.3 is 0 Å². The summed E-state index contributed by atoms with van der Waals surface area (Å²) in [5.74, 6) is -1.70. The van der Waals surface area contributed by atoms with E-state index in [1.54, 1.807) is 6.07 Å². The zero-order chi connectivity index (χ0) is 18.7. The van der Waals surface area contributed by atoms with Crippen molar-refractivity contribution in [3.8, 4) is 0 Å². The predicted octanol–water partition coefficient (Wildman–Crippen LogP) is 3.55. The number of benzene rings is 1. The summed E-state index contributed by atoms with van der Waals surface area (Å²) in [5.41, 5.74) is 0.990. The number of anilines is 1. The Bertz CT molecular complexity index is 795. The molecule has 1 aromatic heterocycles. The molecule has 0 saturated heterocycles. The molecule has 1 aliphatic carbocycles. The minimum atomic E-state index is -0.775. The molecule has 3 rings (SSSR count). The molecule has 1 atom stereocenters. The van der Waals surface area contributed by atoms with E-state index in [4.69, 9.17) is 0 Å². The van der Waals surface area contributed by atoms with Crippen LogP contribution in [0.4, 0.5) is 9.52 Å². The van der Waals surface area contributed by atoms with Crippen LogP contribution in [0.1, 0.15) is 47.6 Å². The smallest absolute Gasteiger partial charge is 0.254 e. The average Bonchev–Trinajstić information content (AvgIpc) is 3.01. The molecule has 7 heteroatoms. The molecular formula is C19H22FN3O2S. The second-order valence-corrected chi connectivity index (χ2v) is 7.84. The number of aryl methyl sites for hydroxylation is 2. The molecule has 2 amide bonds. The first kappa shape index (κ1) is 18.5. The molecule has 0 spiro atoms. The van der Waals surface area contributed by atoms with Gasteiger partial charge in [-0.2, -0.15) is 0 Å². The number of halogens is 1. The Morgan fingerprint density at radius 3 is 2.62 bits per heavy atom. The zero-order valence-electron chi connectivity index (χ0n) is 14.8. The number of nitrogens with one attached hydrogen (secondary N) is 2. The summed E-state index contributed by atoms with van der Waals surface area (Å²) in [6.45, 7) is 3.66. The van der Waals surface area contributed by atoms with Crippen molar-refractivity contribution in [2.45, 2.75) is 45.6 Å². The van der Waals surface area contributed by atoms with Crippen molar-refractivity contribution in [1.82, 2.24) is 10.3 Å². The Morgan fingerprint density at radius 1 is 1.19 bits per heavy atom. The van der Waals surface area contributed by atoms with Gasteiger partial charge in [-0.05, 0) is 43.7 Å². The molecule has 0 radical (unpaired) electrons. The Balaban J connectivity index is 1.71. The third kappa shape index (κ3) is 4.09. The average molecular weight is 375 g/mol. The largest absolute Gasteiger partial charge is 0.340 e. The molecule has 2 aromatic rings. The van der Waals surface area contributed by atoms with E-state index in [2.05, 4.69) is 15.6 Å². The molecule has 5 nitrogen and oxygen atoms in total. The lowest BCUT2D eigenvalue weighted by Gasteiger charge is -2.21. The van der Waals surface area contributed by atoms with Crippen molar-refractivity contribution in [1.29, 1.82) is 0 Å². The van der Waals surface area contributed by atoms with E-state index in [-0.39, 0.29) is 17.4 Å². The maximum absolute atomic E-state index is 13.8. The summed E-state index contributed by atoms with van der Waals surface area (Å²) in [6.07, 6.45) is 4.22. The van der Waals surface area contributed by atoms with Gasteiger partial charge < -0.3 is 10.6 Å². The van der Waals surface area contributed by atoms with E-state index in [1.165, 1.54) is 34.4 Å². The summed E-state index contributed by atoms with van der Waals surface area (Å²) in [7, 11) is 0. The highest BCUT2D eigenvalue weighted by atomic mass is 32.1. The molecule has 1 aliphatic rings. The van der Waals surface area contributed by atoms with Crippen LogP contribution in [0.5, 0.6) is 0 Å². The summed E-state index contributed by atoms with van der Waals surface area (Å²) in [6, 6.07) is 4.95. The Hall–Kier alpha value is -2.28.